The number of rotatable bonds is 5. The number of guanidine groups is 1. The van der Waals surface area contributed by atoms with E-state index in [0.717, 1.165) is 37.3 Å². The van der Waals surface area contributed by atoms with Gasteiger partial charge in [0.1, 0.15) is 5.75 Å². The maximum Gasteiger partial charge on any atom is 0.193 e. The van der Waals surface area contributed by atoms with Crippen LogP contribution >= 0.6 is 0 Å². The number of benzene rings is 1. The molecule has 104 valence electrons. The summed E-state index contributed by atoms with van der Waals surface area (Å²) in [6.45, 7) is 1.58. The van der Waals surface area contributed by atoms with Crippen LogP contribution in [0.15, 0.2) is 29.3 Å². The van der Waals surface area contributed by atoms with Gasteiger partial charge in [-0.1, -0.05) is 0 Å². The summed E-state index contributed by atoms with van der Waals surface area (Å²) in [7, 11) is 1.64. The van der Waals surface area contributed by atoms with E-state index in [4.69, 9.17) is 15.2 Å². The van der Waals surface area contributed by atoms with Crippen LogP contribution in [-0.4, -0.2) is 32.3 Å². The van der Waals surface area contributed by atoms with E-state index in [1.807, 2.05) is 24.3 Å². The molecule has 0 amide bonds. The first-order valence-corrected chi connectivity index (χ1v) is 6.60. The number of nitrogens with zero attached hydrogens (tertiary/aromatic N) is 1. The number of aliphatic imine (C=N–C) groups is 1. The molecule has 0 radical (unpaired) electrons. The molecule has 5 heteroatoms. The second kappa shape index (κ2) is 6.99. The molecule has 1 heterocycles. The number of methoxy groups -OCH3 is 1. The predicted octanol–water partition coefficient (Wildman–Crippen LogP) is 1.99. The van der Waals surface area contributed by atoms with Crippen LogP contribution in [0.3, 0.4) is 0 Å². The molecule has 1 aromatic rings. The van der Waals surface area contributed by atoms with Gasteiger partial charge >= 0.3 is 0 Å². The summed E-state index contributed by atoms with van der Waals surface area (Å²) < 4.78 is 10.6. The van der Waals surface area contributed by atoms with Crippen LogP contribution in [0, 0.1) is 0 Å². The molecule has 1 unspecified atom stereocenters. The number of hydrogen-bond donors (Lipinski definition) is 2. The first-order valence-electron chi connectivity index (χ1n) is 6.60. The summed E-state index contributed by atoms with van der Waals surface area (Å²) in [5, 5.41) is 3.05. The normalized spacial score (nSPS) is 19.4. The fraction of sp³-hybridized carbons (Fsp3) is 0.500. The summed E-state index contributed by atoms with van der Waals surface area (Å²) in [5.74, 6) is 1.25. The molecule has 5 nitrogen and oxygen atoms in total. The van der Waals surface area contributed by atoms with E-state index >= 15 is 0 Å². The van der Waals surface area contributed by atoms with E-state index in [0.29, 0.717) is 18.6 Å². The lowest BCUT2D eigenvalue weighted by Crippen LogP contribution is -2.23. The smallest absolute Gasteiger partial charge is 0.193 e. The third-order valence-corrected chi connectivity index (χ3v) is 3.12. The van der Waals surface area contributed by atoms with Gasteiger partial charge in [0, 0.05) is 18.8 Å². The highest BCUT2D eigenvalue weighted by Crippen LogP contribution is 2.16. The molecule has 0 spiro atoms. The maximum absolute atomic E-state index is 5.83. The molecule has 0 aromatic heterocycles. The Morgan fingerprint density at radius 1 is 1.47 bits per heavy atom. The Kier molecular flexibility index (Phi) is 5.03. The van der Waals surface area contributed by atoms with Gasteiger partial charge < -0.3 is 20.5 Å². The van der Waals surface area contributed by atoms with Crippen molar-refractivity contribution in [1.82, 2.24) is 0 Å². The molecule has 1 atom stereocenters. The molecule has 19 heavy (non-hydrogen) atoms. The van der Waals surface area contributed by atoms with E-state index in [1.54, 1.807) is 7.11 Å². The standard InChI is InChI=1S/C14H21N3O2/c1-18-12-6-4-11(5-7-12)17-14(15)16-9-8-13-3-2-10-19-13/h4-7,13H,2-3,8-10H2,1H3,(H3,15,16,17). The molecule has 1 aliphatic heterocycles. The Morgan fingerprint density at radius 2 is 2.26 bits per heavy atom. The van der Waals surface area contributed by atoms with Gasteiger partial charge in [-0.3, -0.25) is 4.99 Å². The lowest BCUT2D eigenvalue weighted by molar-refractivity contribution is 0.106. The molecule has 1 saturated heterocycles. The average Bonchev–Trinajstić information content (AvgIpc) is 2.93. The number of hydrogen-bond acceptors (Lipinski definition) is 3. The van der Waals surface area contributed by atoms with Gasteiger partial charge in [0.2, 0.25) is 0 Å². The summed E-state index contributed by atoms with van der Waals surface area (Å²) in [6, 6.07) is 7.56. The molecule has 3 N–H and O–H groups in total. The zero-order valence-corrected chi connectivity index (χ0v) is 11.3. The van der Waals surface area contributed by atoms with Gasteiger partial charge in [-0.05, 0) is 43.5 Å². The van der Waals surface area contributed by atoms with E-state index < -0.39 is 0 Å². The highest BCUT2D eigenvalue weighted by Gasteiger charge is 2.14. The molecule has 0 aliphatic carbocycles. The first-order chi connectivity index (χ1) is 9.28. The van der Waals surface area contributed by atoms with E-state index in [1.165, 1.54) is 0 Å². The number of nitrogens with two attached hydrogens (primary N) is 1. The van der Waals surface area contributed by atoms with E-state index in [2.05, 4.69) is 10.3 Å². The highest BCUT2D eigenvalue weighted by molar-refractivity contribution is 5.92. The van der Waals surface area contributed by atoms with Crippen LogP contribution in [-0.2, 0) is 4.74 Å². The zero-order valence-electron chi connectivity index (χ0n) is 11.3. The quantitative estimate of drug-likeness (QED) is 0.629. The van der Waals surface area contributed by atoms with Crippen molar-refractivity contribution in [2.24, 2.45) is 10.7 Å². The minimum atomic E-state index is 0.359. The summed E-state index contributed by atoms with van der Waals surface area (Å²) in [5.41, 5.74) is 6.73. The van der Waals surface area contributed by atoms with Crippen molar-refractivity contribution < 1.29 is 9.47 Å². The Bertz CT molecular complexity index is 411. The van der Waals surface area contributed by atoms with Crippen LogP contribution < -0.4 is 15.8 Å². The summed E-state index contributed by atoms with van der Waals surface area (Å²) >= 11 is 0. The van der Waals surface area contributed by atoms with Crippen molar-refractivity contribution in [2.75, 3.05) is 25.6 Å². The topological polar surface area (TPSA) is 68.9 Å². The highest BCUT2D eigenvalue weighted by atomic mass is 16.5. The van der Waals surface area contributed by atoms with Crippen LogP contribution in [0.5, 0.6) is 5.75 Å². The fourth-order valence-electron chi connectivity index (χ4n) is 2.06. The monoisotopic (exact) mass is 263 g/mol. The Labute approximate surface area is 113 Å². The van der Waals surface area contributed by atoms with Crippen molar-refractivity contribution in [3.63, 3.8) is 0 Å². The van der Waals surface area contributed by atoms with Crippen LogP contribution in [0.4, 0.5) is 5.69 Å². The van der Waals surface area contributed by atoms with Gasteiger partial charge in [-0.2, -0.15) is 0 Å². The molecule has 1 aliphatic rings. The van der Waals surface area contributed by atoms with Crippen molar-refractivity contribution in [3.8, 4) is 5.75 Å². The number of nitrogens with one attached hydrogen (secondary N) is 1. The van der Waals surface area contributed by atoms with Gasteiger partial charge in [0.05, 0.1) is 13.2 Å². The maximum atomic E-state index is 5.83. The Hall–Kier alpha value is -1.75. The Morgan fingerprint density at radius 3 is 2.89 bits per heavy atom. The zero-order chi connectivity index (χ0) is 13.5. The summed E-state index contributed by atoms with van der Waals surface area (Å²) in [4.78, 5) is 4.30. The van der Waals surface area contributed by atoms with Crippen molar-refractivity contribution in [3.05, 3.63) is 24.3 Å². The van der Waals surface area contributed by atoms with Gasteiger partial charge in [0.15, 0.2) is 5.96 Å². The molecular weight excluding hydrogens is 242 g/mol. The lowest BCUT2D eigenvalue weighted by Gasteiger charge is -2.08. The average molecular weight is 263 g/mol. The van der Waals surface area contributed by atoms with Crippen molar-refractivity contribution >= 4 is 11.6 Å². The summed E-state index contributed by atoms with van der Waals surface area (Å²) in [6.07, 6.45) is 3.60. The molecule has 0 bridgehead atoms. The molecular formula is C14H21N3O2. The second-order valence-corrected chi connectivity index (χ2v) is 4.54. The third-order valence-electron chi connectivity index (χ3n) is 3.12. The molecule has 0 saturated carbocycles. The third kappa shape index (κ3) is 4.44. The largest absolute Gasteiger partial charge is 0.497 e. The SMILES string of the molecule is COc1ccc(NC(N)=NCCC2CCCO2)cc1. The minimum Gasteiger partial charge on any atom is -0.497 e. The van der Waals surface area contributed by atoms with Gasteiger partial charge in [-0.15, -0.1) is 0 Å². The minimum absolute atomic E-state index is 0.359. The molecule has 2 rings (SSSR count). The number of anilines is 1. The van der Waals surface area contributed by atoms with Crippen molar-refractivity contribution in [1.29, 1.82) is 0 Å². The number of ether oxygens (including phenoxy) is 2. The van der Waals surface area contributed by atoms with Crippen LogP contribution in [0.25, 0.3) is 0 Å². The van der Waals surface area contributed by atoms with Crippen LogP contribution in [0.1, 0.15) is 19.3 Å². The fourth-order valence-corrected chi connectivity index (χ4v) is 2.06. The van der Waals surface area contributed by atoms with Gasteiger partial charge in [-0.25, -0.2) is 0 Å². The van der Waals surface area contributed by atoms with E-state index in [9.17, 15) is 0 Å². The predicted molar refractivity (Wildman–Crippen MR) is 76.7 cm³/mol. The Balaban J connectivity index is 1.76. The first kappa shape index (κ1) is 13.7. The van der Waals surface area contributed by atoms with Gasteiger partial charge in [0.25, 0.3) is 0 Å². The molecule has 1 aromatic carbocycles. The lowest BCUT2D eigenvalue weighted by atomic mass is 10.2. The second-order valence-electron chi connectivity index (χ2n) is 4.54. The van der Waals surface area contributed by atoms with Crippen LogP contribution in [0.2, 0.25) is 0 Å². The molecule has 1 fully saturated rings. The van der Waals surface area contributed by atoms with E-state index in [-0.39, 0.29) is 0 Å². The van der Waals surface area contributed by atoms with Crippen molar-refractivity contribution in [2.45, 2.75) is 25.4 Å².